The van der Waals surface area contributed by atoms with Gasteiger partial charge in [0.05, 0.1) is 7.11 Å². The van der Waals surface area contributed by atoms with Crippen molar-refractivity contribution in [2.24, 2.45) is 17.1 Å². The molecule has 0 aromatic heterocycles. The van der Waals surface area contributed by atoms with E-state index in [1.54, 1.807) is 0 Å². The molecular weight excluding hydrogens is 142 g/mol. The van der Waals surface area contributed by atoms with Gasteiger partial charge in [-0.05, 0) is 30.6 Å². The number of carbonyl (C=O) groups excluding carboxylic acids is 1. The Balaban J connectivity index is 1.98. The molecule has 1 atom stereocenters. The molecule has 0 unspecified atom stereocenters. The van der Waals surface area contributed by atoms with Crippen LogP contribution in [0.5, 0.6) is 0 Å². The fourth-order valence-electron chi connectivity index (χ4n) is 2.30. The molecule has 0 heterocycles. The molecule has 62 valence electrons. The van der Waals surface area contributed by atoms with Crippen molar-refractivity contribution in [3.63, 3.8) is 0 Å². The first-order valence-corrected chi connectivity index (χ1v) is 4.01. The minimum absolute atomic E-state index is 0.151. The normalized spacial score (nSPS) is 41.8. The maximum absolute atomic E-state index is 11.0. The van der Waals surface area contributed by atoms with E-state index in [1.165, 1.54) is 7.11 Å². The fraction of sp³-hybridized carbons (Fsp3) is 0.875. The van der Waals surface area contributed by atoms with Gasteiger partial charge in [0.15, 0.2) is 0 Å². The molecule has 2 bridgehead atoms. The van der Waals surface area contributed by atoms with Crippen molar-refractivity contribution in [1.82, 2.24) is 0 Å². The molecule has 0 aromatic carbocycles. The van der Waals surface area contributed by atoms with Gasteiger partial charge in [-0.2, -0.15) is 0 Å². The van der Waals surface area contributed by atoms with Crippen molar-refractivity contribution >= 4 is 5.97 Å². The molecule has 0 spiro atoms. The quantitative estimate of drug-likeness (QED) is 0.583. The molecule has 3 aliphatic rings. The lowest BCUT2D eigenvalue weighted by Gasteiger charge is -2.63. The van der Waals surface area contributed by atoms with Crippen LogP contribution in [-0.4, -0.2) is 19.1 Å². The van der Waals surface area contributed by atoms with E-state index >= 15 is 0 Å². The maximum Gasteiger partial charge on any atom is 0.323 e. The molecule has 3 heteroatoms. The van der Waals surface area contributed by atoms with Crippen LogP contribution in [0.15, 0.2) is 0 Å². The highest BCUT2D eigenvalue weighted by Gasteiger charge is 2.61. The average Bonchev–Trinajstić information content (AvgIpc) is 1.79. The Labute approximate surface area is 65.9 Å². The molecule has 0 aliphatic heterocycles. The summed E-state index contributed by atoms with van der Waals surface area (Å²) >= 11 is 0. The zero-order chi connectivity index (χ0) is 8.06. The van der Waals surface area contributed by atoms with Crippen LogP contribution in [0.2, 0.25) is 0 Å². The minimum Gasteiger partial charge on any atom is -0.468 e. The number of esters is 1. The second kappa shape index (κ2) is 1.97. The minimum atomic E-state index is -0.363. The second-order valence-electron chi connectivity index (χ2n) is 3.84. The highest BCUT2D eigenvalue weighted by Crippen LogP contribution is 2.65. The summed E-state index contributed by atoms with van der Waals surface area (Å²) in [7, 11) is 1.40. The standard InChI is InChI=1S/C8H13NO2/c1-11-7(10)6(9)8-2-5(3-8)4-8/h5-6H,2-4,9H2,1H3/t5?,6-,8?/m1/s1. The van der Waals surface area contributed by atoms with Gasteiger partial charge in [-0.1, -0.05) is 0 Å². The third-order valence-corrected chi connectivity index (χ3v) is 3.20. The molecule has 3 saturated carbocycles. The number of carbonyl (C=O) groups is 1. The Morgan fingerprint density at radius 3 is 2.45 bits per heavy atom. The van der Waals surface area contributed by atoms with Crippen LogP contribution >= 0.6 is 0 Å². The number of hydrogen-bond donors (Lipinski definition) is 1. The molecular formula is C8H13NO2. The fourth-order valence-corrected chi connectivity index (χ4v) is 2.30. The summed E-state index contributed by atoms with van der Waals surface area (Å²) < 4.78 is 4.59. The summed E-state index contributed by atoms with van der Waals surface area (Å²) in [5.74, 6) is 0.619. The van der Waals surface area contributed by atoms with Crippen LogP contribution in [0.25, 0.3) is 0 Å². The molecule has 0 aromatic rings. The Kier molecular flexibility index (Phi) is 1.27. The average molecular weight is 155 g/mol. The number of rotatable bonds is 2. The van der Waals surface area contributed by atoms with Crippen LogP contribution < -0.4 is 5.73 Å². The Bertz CT molecular complexity index is 185. The lowest BCUT2D eigenvalue weighted by Crippen LogP contribution is -2.64. The van der Waals surface area contributed by atoms with Crippen molar-refractivity contribution < 1.29 is 9.53 Å². The second-order valence-corrected chi connectivity index (χ2v) is 3.84. The zero-order valence-electron chi connectivity index (χ0n) is 6.67. The van der Waals surface area contributed by atoms with E-state index in [0.29, 0.717) is 0 Å². The lowest BCUT2D eigenvalue weighted by molar-refractivity contribution is -0.168. The lowest BCUT2D eigenvalue weighted by atomic mass is 9.42. The highest BCUT2D eigenvalue weighted by molar-refractivity contribution is 5.77. The summed E-state index contributed by atoms with van der Waals surface area (Å²) in [5, 5.41) is 0. The molecule has 0 amide bonds. The van der Waals surface area contributed by atoms with Gasteiger partial charge < -0.3 is 10.5 Å². The largest absolute Gasteiger partial charge is 0.468 e. The van der Waals surface area contributed by atoms with E-state index in [0.717, 1.165) is 25.2 Å². The topological polar surface area (TPSA) is 52.3 Å². The van der Waals surface area contributed by atoms with Crippen molar-refractivity contribution in [3.05, 3.63) is 0 Å². The third kappa shape index (κ3) is 0.745. The summed E-state index contributed by atoms with van der Waals surface area (Å²) in [5.41, 5.74) is 5.88. The van der Waals surface area contributed by atoms with Gasteiger partial charge >= 0.3 is 5.97 Å². The summed E-state index contributed by atoms with van der Waals surface area (Å²) in [4.78, 5) is 11.0. The molecule has 0 saturated heterocycles. The summed E-state index contributed by atoms with van der Waals surface area (Å²) in [6.45, 7) is 0. The van der Waals surface area contributed by atoms with E-state index in [9.17, 15) is 4.79 Å². The van der Waals surface area contributed by atoms with Crippen molar-refractivity contribution in [2.45, 2.75) is 25.3 Å². The predicted octanol–water partition coefficient (Wildman–Crippen LogP) is 0.287. The van der Waals surface area contributed by atoms with Crippen LogP contribution in [-0.2, 0) is 9.53 Å². The SMILES string of the molecule is COC(=O)[C@@H](N)C12CC(C1)C2. The zero-order valence-corrected chi connectivity index (χ0v) is 6.67. The monoisotopic (exact) mass is 155 g/mol. The Morgan fingerprint density at radius 2 is 2.18 bits per heavy atom. The number of methoxy groups -OCH3 is 1. The summed E-state index contributed by atoms with van der Waals surface area (Å²) in [6, 6.07) is -0.363. The van der Waals surface area contributed by atoms with Gasteiger partial charge in [-0.3, -0.25) is 4.79 Å². The van der Waals surface area contributed by atoms with Crippen LogP contribution in [0.1, 0.15) is 19.3 Å². The van der Waals surface area contributed by atoms with E-state index in [2.05, 4.69) is 4.74 Å². The van der Waals surface area contributed by atoms with Gasteiger partial charge in [-0.15, -0.1) is 0 Å². The molecule has 3 aliphatic carbocycles. The number of hydrogen-bond acceptors (Lipinski definition) is 3. The van der Waals surface area contributed by atoms with Crippen molar-refractivity contribution in [2.75, 3.05) is 7.11 Å². The highest BCUT2D eigenvalue weighted by atomic mass is 16.5. The van der Waals surface area contributed by atoms with E-state index in [1.807, 2.05) is 0 Å². The van der Waals surface area contributed by atoms with Crippen molar-refractivity contribution in [3.8, 4) is 0 Å². The molecule has 3 nitrogen and oxygen atoms in total. The van der Waals surface area contributed by atoms with E-state index in [4.69, 9.17) is 5.73 Å². The van der Waals surface area contributed by atoms with Gasteiger partial charge in [0.2, 0.25) is 0 Å². The molecule has 0 radical (unpaired) electrons. The summed E-state index contributed by atoms with van der Waals surface area (Å²) in [6.07, 6.45) is 3.43. The first-order chi connectivity index (χ1) is 5.18. The molecule has 2 N–H and O–H groups in total. The predicted molar refractivity (Wildman–Crippen MR) is 39.8 cm³/mol. The van der Waals surface area contributed by atoms with Gasteiger partial charge in [-0.25, -0.2) is 0 Å². The van der Waals surface area contributed by atoms with Gasteiger partial charge in [0.1, 0.15) is 6.04 Å². The molecule has 11 heavy (non-hydrogen) atoms. The number of ether oxygens (including phenoxy) is 1. The molecule has 3 fully saturated rings. The Morgan fingerprint density at radius 1 is 1.64 bits per heavy atom. The first kappa shape index (κ1) is 7.10. The van der Waals surface area contributed by atoms with E-state index < -0.39 is 0 Å². The van der Waals surface area contributed by atoms with E-state index in [-0.39, 0.29) is 17.4 Å². The van der Waals surface area contributed by atoms with Gasteiger partial charge in [0, 0.05) is 0 Å². The first-order valence-electron chi connectivity index (χ1n) is 4.01. The maximum atomic E-state index is 11.0. The number of nitrogens with two attached hydrogens (primary N) is 1. The van der Waals surface area contributed by atoms with Crippen molar-refractivity contribution in [1.29, 1.82) is 0 Å². The van der Waals surface area contributed by atoms with Crippen LogP contribution in [0.4, 0.5) is 0 Å². The van der Waals surface area contributed by atoms with Crippen LogP contribution in [0, 0.1) is 11.3 Å². The van der Waals surface area contributed by atoms with Crippen LogP contribution in [0.3, 0.4) is 0 Å². The third-order valence-electron chi connectivity index (χ3n) is 3.20. The smallest absolute Gasteiger partial charge is 0.323 e. The Hall–Kier alpha value is -0.570. The van der Waals surface area contributed by atoms with Gasteiger partial charge in [0.25, 0.3) is 0 Å². The molecule has 3 rings (SSSR count).